The van der Waals surface area contributed by atoms with Crippen molar-refractivity contribution in [3.63, 3.8) is 0 Å². The number of carbonyl (C=O) groups excluding carboxylic acids is 3. The largest absolute Gasteiger partial charge is 0.463 e. The topological polar surface area (TPSA) is 123 Å². The Kier molecular flexibility index (Phi) is 6.53. The van der Waals surface area contributed by atoms with Crippen molar-refractivity contribution in [1.29, 1.82) is 0 Å². The summed E-state index contributed by atoms with van der Waals surface area (Å²) in [7, 11) is 0. The van der Waals surface area contributed by atoms with Crippen LogP contribution in [-0.2, 0) is 38.2 Å². The van der Waals surface area contributed by atoms with Crippen LogP contribution >= 0.6 is 0 Å². The molecule has 120 valence electrons. The molecule has 0 aromatic heterocycles. The van der Waals surface area contributed by atoms with Gasteiger partial charge in [0.15, 0.2) is 6.10 Å². The molecule has 1 heterocycles. The maximum absolute atomic E-state index is 11.2. The van der Waals surface area contributed by atoms with Crippen LogP contribution in [0, 0.1) is 0 Å². The fourth-order valence-electron chi connectivity index (χ4n) is 1.97. The molecule has 1 aliphatic rings. The smallest absolute Gasteiger partial charge is 0.303 e. The Hall–Kier alpha value is -1.71. The second-order valence-electron chi connectivity index (χ2n) is 4.52. The number of nitrogens with two attached hydrogens (primary N) is 1. The van der Waals surface area contributed by atoms with Gasteiger partial charge in [-0.25, -0.2) is 5.90 Å². The number of carbonyl (C=O) groups is 3. The predicted molar refractivity (Wildman–Crippen MR) is 66.3 cm³/mol. The van der Waals surface area contributed by atoms with Gasteiger partial charge in [-0.1, -0.05) is 0 Å². The number of hydrogen-bond acceptors (Lipinski definition) is 9. The van der Waals surface area contributed by atoms with E-state index in [1.165, 1.54) is 20.8 Å². The van der Waals surface area contributed by atoms with Gasteiger partial charge in [-0.3, -0.25) is 19.2 Å². The lowest BCUT2D eigenvalue weighted by atomic mass is 10.0. The molecule has 9 nitrogen and oxygen atoms in total. The highest BCUT2D eigenvalue weighted by atomic mass is 16.8. The van der Waals surface area contributed by atoms with E-state index in [2.05, 4.69) is 4.84 Å². The summed E-state index contributed by atoms with van der Waals surface area (Å²) >= 11 is 0. The predicted octanol–water partition coefficient (Wildman–Crippen LogP) is -0.582. The van der Waals surface area contributed by atoms with Gasteiger partial charge >= 0.3 is 17.9 Å². The summed E-state index contributed by atoms with van der Waals surface area (Å²) in [5.41, 5.74) is 0. The van der Waals surface area contributed by atoms with Gasteiger partial charge in [-0.2, -0.15) is 0 Å². The summed E-state index contributed by atoms with van der Waals surface area (Å²) < 4.78 is 20.4. The fraction of sp³-hybridized carbons (Fsp3) is 0.750. The quantitative estimate of drug-likeness (QED) is 0.403. The summed E-state index contributed by atoms with van der Waals surface area (Å²) in [6.45, 7) is 3.62. The van der Waals surface area contributed by atoms with E-state index >= 15 is 0 Å². The van der Waals surface area contributed by atoms with Crippen molar-refractivity contribution in [1.82, 2.24) is 0 Å². The molecule has 1 saturated heterocycles. The second kappa shape index (κ2) is 7.91. The molecule has 1 rings (SSSR count). The molecule has 0 aromatic rings. The summed E-state index contributed by atoms with van der Waals surface area (Å²) in [5, 5.41) is 0. The molecule has 0 radical (unpaired) electrons. The lowest BCUT2D eigenvalue weighted by Crippen LogP contribution is -2.54. The van der Waals surface area contributed by atoms with Crippen molar-refractivity contribution in [3.8, 4) is 0 Å². The molecular formula is C12H19NO8. The Morgan fingerprint density at radius 2 is 1.71 bits per heavy atom. The zero-order valence-electron chi connectivity index (χ0n) is 12.1. The molecule has 9 heteroatoms. The highest BCUT2D eigenvalue weighted by Gasteiger charge is 2.44. The van der Waals surface area contributed by atoms with Gasteiger partial charge in [0.05, 0.1) is 6.10 Å². The van der Waals surface area contributed by atoms with Gasteiger partial charge in [-0.15, -0.1) is 0 Å². The molecule has 0 amide bonds. The molecule has 0 aliphatic carbocycles. The molecule has 0 unspecified atom stereocenters. The molecule has 0 spiro atoms. The molecule has 2 N–H and O–H groups in total. The number of hydrogen-bond donors (Lipinski definition) is 1. The first-order valence-electron chi connectivity index (χ1n) is 6.32. The van der Waals surface area contributed by atoms with Gasteiger partial charge < -0.3 is 18.9 Å². The van der Waals surface area contributed by atoms with Gasteiger partial charge in [0.1, 0.15) is 12.7 Å². The summed E-state index contributed by atoms with van der Waals surface area (Å²) in [4.78, 5) is 37.7. The Morgan fingerprint density at radius 1 is 1.10 bits per heavy atom. The van der Waals surface area contributed by atoms with E-state index in [-0.39, 0.29) is 13.0 Å². The molecule has 4 atom stereocenters. The molecule has 1 fully saturated rings. The maximum Gasteiger partial charge on any atom is 0.303 e. The van der Waals surface area contributed by atoms with Crippen LogP contribution in [0.4, 0.5) is 0 Å². The van der Waals surface area contributed by atoms with E-state index in [1.54, 1.807) is 0 Å². The van der Waals surface area contributed by atoms with Crippen LogP contribution in [-0.4, -0.2) is 49.1 Å². The van der Waals surface area contributed by atoms with E-state index in [0.29, 0.717) is 0 Å². The minimum Gasteiger partial charge on any atom is -0.463 e. The van der Waals surface area contributed by atoms with Gasteiger partial charge in [0, 0.05) is 27.2 Å². The highest BCUT2D eigenvalue weighted by molar-refractivity contribution is 5.67. The van der Waals surface area contributed by atoms with Crippen molar-refractivity contribution >= 4 is 17.9 Å². The van der Waals surface area contributed by atoms with Crippen LogP contribution in [0.3, 0.4) is 0 Å². The van der Waals surface area contributed by atoms with Crippen LogP contribution in [0.25, 0.3) is 0 Å². The van der Waals surface area contributed by atoms with Gasteiger partial charge in [-0.05, 0) is 0 Å². The first kappa shape index (κ1) is 17.3. The summed E-state index contributed by atoms with van der Waals surface area (Å²) in [6.07, 6.45) is -3.37. The minimum atomic E-state index is -1.13. The highest BCUT2D eigenvalue weighted by Crippen LogP contribution is 2.26. The lowest BCUT2D eigenvalue weighted by Gasteiger charge is -2.38. The maximum atomic E-state index is 11.2. The standard InChI is InChI=1S/C12H19NO8/c1-6(14)17-5-9-4-10(18-7(2)15)11(19-8(3)16)12(20-9)21-13/h9-12H,4-5,13H2,1-3H3/t9-,10-,11+,12-/m0/s1. The SMILES string of the molecule is CC(=O)OC[C@@H]1C[C@H](OC(C)=O)[C@@H](OC(C)=O)[C@H](ON)O1. The minimum absolute atomic E-state index is 0.0558. The zero-order valence-corrected chi connectivity index (χ0v) is 12.1. The molecule has 21 heavy (non-hydrogen) atoms. The zero-order chi connectivity index (χ0) is 16.0. The first-order chi connectivity index (χ1) is 9.83. The normalized spacial score (nSPS) is 28.6. The van der Waals surface area contributed by atoms with Crippen molar-refractivity contribution in [3.05, 3.63) is 0 Å². The number of ether oxygens (including phenoxy) is 4. The van der Waals surface area contributed by atoms with E-state index < -0.39 is 42.5 Å². The van der Waals surface area contributed by atoms with Gasteiger partial charge in [0.2, 0.25) is 6.29 Å². The van der Waals surface area contributed by atoms with Crippen molar-refractivity contribution < 1.29 is 38.2 Å². The Morgan fingerprint density at radius 3 is 2.19 bits per heavy atom. The van der Waals surface area contributed by atoms with Crippen LogP contribution in [0.5, 0.6) is 0 Å². The lowest BCUT2D eigenvalue weighted by molar-refractivity contribution is -0.281. The number of esters is 3. The van der Waals surface area contributed by atoms with E-state index in [0.717, 1.165) is 0 Å². The average Bonchev–Trinajstić information content (AvgIpc) is 2.37. The van der Waals surface area contributed by atoms with Crippen molar-refractivity contribution in [2.75, 3.05) is 6.61 Å². The first-order valence-corrected chi connectivity index (χ1v) is 6.32. The van der Waals surface area contributed by atoms with Crippen molar-refractivity contribution in [2.24, 2.45) is 5.90 Å². The van der Waals surface area contributed by atoms with Gasteiger partial charge in [0.25, 0.3) is 0 Å². The van der Waals surface area contributed by atoms with Crippen LogP contribution in [0.2, 0.25) is 0 Å². The molecule has 0 saturated carbocycles. The third-order valence-corrected chi connectivity index (χ3v) is 2.68. The van der Waals surface area contributed by atoms with E-state index in [4.69, 9.17) is 24.8 Å². The average molecular weight is 305 g/mol. The Bertz CT molecular complexity index is 399. The Balaban J connectivity index is 2.80. The third-order valence-electron chi connectivity index (χ3n) is 2.68. The molecule has 1 aliphatic heterocycles. The van der Waals surface area contributed by atoms with E-state index in [9.17, 15) is 14.4 Å². The van der Waals surface area contributed by atoms with Crippen LogP contribution in [0.15, 0.2) is 0 Å². The monoisotopic (exact) mass is 305 g/mol. The summed E-state index contributed by atoms with van der Waals surface area (Å²) in [6, 6.07) is 0. The molecule has 0 aromatic carbocycles. The van der Waals surface area contributed by atoms with E-state index in [1.807, 2.05) is 0 Å². The fourth-order valence-corrected chi connectivity index (χ4v) is 1.97. The summed E-state index contributed by atoms with van der Waals surface area (Å²) in [5.74, 6) is 3.49. The molecule has 0 bridgehead atoms. The second-order valence-corrected chi connectivity index (χ2v) is 4.52. The number of rotatable bonds is 5. The van der Waals surface area contributed by atoms with Crippen LogP contribution < -0.4 is 5.90 Å². The molecular weight excluding hydrogens is 286 g/mol. The van der Waals surface area contributed by atoms with Crippen LogP contribution in [0.1, 0.15) is 27.2 Å². The Labute approximate surface area is 121 Å². The van der Waals surface area contributed by atoms with Crippen molar-refractivity contribution in [2.45, 2.75) is 51.8 Å². The third kappa shape index (κ3) is 5.66.